The maximum atomic E-state index is 12.6. The number of epoxide rings is 1. The molecule has 5 nitrogen and oxygen atoms in total. The van der Waals surface area contributed by atoms with Crippen LogP contribution in [-0.2, 0) is 25.5 Å². The lowest BCUT2D eigenvalue weighted by Gasteiger charge is -2.47. The minimum absolute atomic E-state index is 0.00539. The topological polar surface area (TPSA) is 76.1 Å². The van der Waals surface area contributed by atoms with Crippen LogP contribution >= 0.6 is 11.6 Å². The van der Waals surface area contributed by atoms with Crippen molar-refractivity contribution in [1.29, 1.82) is 0 Å². The van der Waals surface area contributed by atoms with E-state index in [0.717, 1.165) is 11.1 Å². The van der Waals surface area contributed by atoms with Crippen molar-refractivity contribution in [3.05, 3.63) is 52.6 Å². The van der Waals surface area contributed by atoms with E-state index in [1.165, 1.54) is 6.07 Å². The second-order valence-corrected chi connectivity index (χ2v) is 9.06. The third kappa shape index (κ3) is 2.94. The Kier molecular flexibility index (Phi) is 4.67. The second-order valence-electron chi connectivity index (χ2n) is 8.65. The highest BCUT2D eigenvalue weighted by atomic mass is 35.5. The van der Waals surface area contributed by atoms with Crippen molar-refractivity contribution in [3.8, 4) is 5.75 Å². The van der Waals surface area contributed by atoms with Crippen LogP contribution in [0.2, 0.25) is 5.02 Å². The third-order valence-corrected chi connectivity index (χ3v) is 7.31. The number of benzene rings is 1. The maximum Gasteiger partial charge on any atom is 0.310 e. The molecular formula is C23H25ClO5. The van der Waals surface area contributed by atoms with Crippen molar-refractivity contribution >= 4 is 23.4 Å². The Balaban J connectivity index is 1.51. The number of fused-ring (bicyclic) bond motifs is 3. The molecule has 0 radical (unpaired) electrons. The van der Waals surface area contributed by atoms with Gasteiger partial charge in [-0.05, 0) is 49.1 Å². The Morgan fingerprint density at radius 1 is 1.45 bits per heavy atom. The fourth-order valence-corrected chi connectivity index (χ4v) is 5.22. The summed E-state index contributed by atoms with van der Waals surface area (Å²) in [4.78, 5) is 25.2. The summed E-state index contributed by atoms with van der Waals surface area (Å²) in [6, 6.07) is 4.69. The van der Waals surface area contributed by atoms with E-state index in [4.69, 9.17) is 21.1 Å². The summed E-state index contributed by atoms with van der Waals surface area (Å²) in [6.07, 6.45) is 2.65. The zero-order chi connectivity index (χ0) is 21.1. The van der Waals surface area contributed by atoms with Gasteiger partial charge in [0, 0.05) is 11.3 Å². The molecule has 3 aliphatic rings. The molecular weight excluding hydrogens is 392 g/mol. The molecule has 1 saturated heterocycles. The molecule has 1 aliphatic heterocycles. The molecule has 1 heterocycles. The molecule has 2 fully saturated rings. The van der Waals surface area contributed by atoms with Crippen molar-refractivity contribution in [2.24, 2.45) is 11.3 Å². The number of hydrogen-bond acceptors (Lipinski definition) is 5. The fraction of sp³-hybridized carbons (Fsp3) is 0.478. The van der Waals surface area contributed by atoms with E-state index >= 15 is 0 Å². The van der Waals surface area contributed by atoms with Crippen LogP contribution in [0.1, 0.15) is 39.2 Å². The Labute approximate surface area is 175 Å². The van der Waals surface area contributed by atoms with Gasteiger partial charge in [0.25, 0.3) is 0 Å². The molecule has 4 rings (SSSR count). The molecule has 5 atom stereocenters. The van der Waals surface area contributed by atoms with Gasteiger partial charge in [0.05, 0.1) is 11.4 Å². The van der Waals surface area contributed by atoms with Crippen molar-refractivity contribution in [2.45, 2.75) is 57.8 Å². The molecule has 5 unspecified atom stereocenters. The number of carbonyl (C=O) groups is 2. The highest BCUT2D eigenvalue weighted by Gasteiger charge is 2.73. The second kappa shape index (κ2) is 6.71. The first-order chi connectivity index (χ1) is 13.6. The largest absolute Gasteiger partial charge is 0.506 e. The number of phenolic OH excluding ortho intramolecular Hbond substituents is 1. The van der Waals surface area contributed by atoms with Gasteiger partial charge in [-0.15, -0.1) is 0 Å². The van der Waals surface area contributed by atoms with Crippen molar-refractivity contribution in [2.75, 3.05) is 0 Å². The molecule has 1 N–H and O–H groups in total. The average molecular weight is 417 g/mol. The van der Waals surface area contributed by atoms with Gasteiger partial charge in [0.15, 0.2) is 11.4 Å². The van der Waals surface area contributed by atoms with Gasteiger partial charge in [-0.1, -0.05) is 43.7 Å². The van der Waals surface area contributed by atoms with E-state index < -0.39 is 5.60 Å². The summed E-state index contributed by atoms with van der Waals surface area (Å²) >= 11 is 5.92. The molecule has 0 bridgehead atoms. The summed E-state index contributed by atoms with van der Waals surface area (Å²) in [6.45, 7) is 9.96. The minimum atomic E-state index is -0.915. The SMILES string of the molecule is C=C(C)C12OC1C1(C)C(=CC2=O)CCC(OC(=O)Cc2ccc(O)c(Cl)c2)C1C. The standard InChI is InChI=1S/C23H25ClO5/c1-12(2)23-19(26)11-15-6-8-18(13(3)22(15,4)21(23)29-23)28-20(27)10-14-5-7-17(25)16(24)9-14/h5,7,9,11,13,18,21,25H,1,6,8,10H2,2-4H3. The van der Waals surface area contributed by atoms with E-state index in [9.17, 15) is 14.7 Å². The molecule has 1 saturated carbocycles. The monoisotopic (exact) mass is 416 g/mol. The lowest BCUT2D eigenvalue weighted by molar-refractivity contribution is -0.155. The van der Waals surface area contributed by atoms with E-state index in [0.29, 0.717) is 18.4 Å². The molecule has 1 aromatic rings. The molecule has 0 amide bonds. The first-order valence-corrected chi connectivity index (χ1v) is 10.2. The lowest BCUT2D eigenvalue weighted by atomic mass is 9.57. The van der Waals surface area contributed by atoms with Crippen molar-refractivity contribution in [1.82, 2.24) is 0 Å². The minimum Gasteiger partial charge on any atom is -0.506 e. The van der Waals surface area contributed by atoms with E-state index in [-0.39, 0.29) is 52.5 Å². The Morgan fingerprint density at radius 2 is 2.17 bits per heavy atom. The van der Waals surface area contributed by atoms with Crippen LogP contribution in [0.4, 0.5) is 0 Å². The Bertz CT molecular complexity index is 951. The zero-order valence-corrected chi connectivity index (χ0v) is 17.6. The Morgan fingerprint density at radius 3 is 2.83 bits per heavy atom. The quantitative estimate of drug-likeness (QED) is 0.453. The van der Waals surface area contributed by atoms with Crippen LogP contribution in [0.15, 0.2) is 42.0 Å². The maximum absolute atomic E-state index is 12.6. The number of esters is 1. The lowest BCUT2D eigenvalue weighted by Crippen LogP contribution is -2.51. The third-order valence-electron chi connectivity index (χ3n) is 7.00. The number of aromatic hydroxyl groups is 1. The highest BCUT2D eigenvalue weighted by Crippen LogP contribution is 2.63. The number of carbonyl (C=O) groups excluding carboxylic acids is 2. The fourth-order valence-electron chi connectivity index (χ4n) is 5.01. The smallest absolute Gasteiger partial charge is 0.310 e. The first-order valence-electron chi connectivity index (χ1n) is 9.87. The van der Waals surface area contributed by atoms with Gasteiger partial charge in [-0.2, -0.15) is 0 Å². The molecule has 1 aromatic carbocycles. The van der Waals surface area contributed by atoms with Crippen LogP contribution in [0.3, 0.4) is 0 Å². The normalized spacial score (nSPS) is 35.2. The number of ether oxygens (including phenoxy) is 2. The summed E-state index contributed by atoms with van der Waals surface area (Å²) in [5.41, 5.74) is 1.19. The van der Waals surface area contributed by atoms with Crippen molar-refractivity contribution in [3.63, 3.8) is 0 Å². The molecule has 29 heavy (non-hydrogen) atoms. The van der Waals surface area contributed by atoms with Crippen LogP contribution in [0.25, 0.3) is 0 Å². The first kappa shape index (κ1) is 20.2. The predicted molar refractivity (Wildman–Crippen MR) is 109 cm³/mol. The van der Waals surface area contributed by atoms with Gasteiger partial charge in [0.2, 0.25) is 0 Å². The number of ketones is 1. The summed E-state index contributed by atoms with van der Waals surface area (Å²) in [7, 11) is 0. The van der Waals surface area contributed by atoms with Gasteiger partial charge in [0.1, 0.15) is 18.0 Å². The molecule has 0 aromatic heterocycles. The summed E-state index contributed by atoms with van der Waals surface area (Å²) in [5.74, 6) is -0.382. The predicted octanol–water partition coefficient (Wildman–Crippen LogP) is 4.16. The molecule has 154 valence electrons. The van der Waals surface area contributed by atoms with Crippen LogP contribution in [0.5, 0.6) is 5.75 Å². The summed E-state index contributed by atoms with van der Waals surface area (Å²) in [5, 5.41) is 9.73. The zero-order valence-electron chi connectivity index (χ0n) is 16.8. The number of hydrogen-bond donors (Lipinski definition) is 1. The van der Waals surface area contributed by atoms with Crippen molar-refractivity contribution < 1.29 is 24.2 Å². The van der Waals surface area contributed by atoms with Crippen LogP contribution in [0, 0.1) is 11.3 Å². The van der Waals surface area contributed by atoms with E-state index in [2.05, 4.69) is 20.4 Å². The summed E-state index contributed by atoms with van der Waals surface area (Å²) < 4.78 is 11.8. The molecule has 2 aliphatic carbocycles. The van der Waals surface area contributed by atoms with Crippen LogP contribution in [-0.4, -0.2) is 34.7 Å². The van der Waals surface area contributed by atoms with Gasteiger partial charge in [-0.25, -0.2) is 0 Å². The Hall–Kier alpha value is -2.11. The molecule has 0 spiro atoms. The number of rotatable bonds is 4. The van der Waals surface area contributed by atoms with E-state index in [1.54, 1.807) is 18.2 Å². The number of halogens is 1. The number of phenols is 1. The van der Waals surface area contributed by atoms with Gasteiger partial charge < -0.3 is 14.6 Å². The highest BCUT2D eigenvalue weighted by molar-refractivity contribution is 6.32. The van der Waals surface area contributed by atoms with Crippen LogP contribution < -0.4 is 0 Å². The van der Waals surface area contributed by atoms with E-state index in [1.807, 2.05) is 6.92 Å². The van der Waals surface area contributed by atoms with Gasteiger partial charge in [-0.3, -0.25) is 9.59 Å². The van der Waals surface area contributed by atoms with Gasteiger partial charge >= 0.3 is 5.97 Å². The average Bonchev–Trinajstić information content (AvgIpc) is 3.42. The molecule has 6 heteroatoms.